The maximum absolute atomic E-state index is 12.8. The number of amides is 2. The first-order chi connectivity index (χ1) is 13.0. The molecule has 0 aliphatic carbocycles. The molecule has 2 fully saturated rings. The summed E-state index contributed by atoms with van der Waals surface area (Å²) in [7, 11) is 0. The van der Waals surface area contributed by atoms with E-state index in [0.29, 0.717) is 24.9 Å². The van der Waals surface area contributed by atoms with Crippen molar-refractivity contribution in [2.45, 2.75) is 51.3 Å². The highest BCUT2D eigenvalue weighted by atomic mass is 16.5. The van der Waals surface area contributed by atoms with Crippen LogP contribution in [0.2, 0.25) is 0 Å². The van der Waals surface area contributed by atoms with Gasteiger partial charge in [-0.3, -0.25) is 14.5 Å². The van der Waals surface area contributed by atoms with Crippen LogP contribution in [-0.4, -0.2) is 53.4 Å². The Balaban J connectivity index is 1.46. The van der Waals surface area contributed by atoms with E-state index in [2.05, 4.69) is 23.7 Å². The first-order valence-corrected chi connectivity index (χ1v) is 9.86. The van der Waals surface area contributed by atoms with Crippen molar-refractivity contribution in [1.82, 2.24) is 15.1 Å². The number of ether oxygens (including phenoxy) is 1. The van der Waals surface area contributed by atoms with Gasteiger partial charge < -0.3 is 15.0 Å². The summed E-state index contributed by atoms with van der Waals surface area (Å²) >= 11 is 0. The summed E-state index contributed by atoms with van der Waals surface area (Å²) in [4.78, 5) is 29.1. The summed E-state index contributed by atoms with van der Waals surface area (Å²) in [6.07, 6.45) is 3.74. The zero-order valence-electron chi connectivity index (χ0n) is 15.9. The number of carbonyl (C=O) groups is 2. The molecule has 0 saturated carbocycles. The number of nitrogens with zero attached hydrogens (tertiary/aromatic N) is 2. The fourth-order valence-electron chi connectivity index (χ4n) is 4.29. The number of benzene rings is 1. The van der Waals surface area contributed by atoms with Crippen LogP contribution in [0.1, 0.15) is 48.5 Å². The van der Waals surface area contributed by atoms with Crippen LogP contribution in [-0.2, 0) is 11.3 Å². The highest BCUT2D eigenvalue weighted by Gasteiger charge is 2.38. The minimum atomic E-state index is -0.420. The van der Waals surface area contributed by atoms with Gasteiger partial charge in [-0.2, -0.15) is 0 Å². The third-order valence-electron chi connectivity index (χ3n) is 5.82. The molecule has 2 atom stereocenters. The van der Waals surface area contributed by atoms with E-state index >= 15 is 0 Å². The lowest BCUT2D eigenvalue weighted by Crippen LogP contribution is -2.49. The first-order valence-electron chi connectivity index (χ1n) is 9.86. The first kappa shape index (κ1) is 18.0. The Hall–Kier alpha value is -2.34. The second kappa shape index (κ2) is 7.35. The van der Waals surface area contributed by atoms with E-state index in [-0.39, 0.29) is 17.9 Å². The molecule has 1 aromatic carbocycles. The monoisotopic (exact) mass is 369 g/mol. The zero-order chi connectivity index (χ0) is 19.0. The molecule has 0 spiro atoms. The Morgan fingerprint density at radius 3 is 2.93 bits per heavy atom. The van der Waals surface area contributed by atoms with Crippen LogP contribution in [0, 0.1) is 0 Å². The summed E-state index contributed by atoms with van der Waals surface area (Å²) in [6, 6.07) is 5.27. The predicted octanol–water partition coefficient (Wildman–Crippen LogP) is 2.30. The molecule has 3 aliphatic rings. The molecule has 27 heavy (non-hydrogen) atoms. The van der Waals surface area contributed by atoms with Gasteiger partial charge in [0.15, 0.2) is 0 Å². The topological polar surface area (TPSA) is 61.9 Å². The molecule has 1 N–H and O–H groups in total. The van der Waals surface area contributed by atoms with E-state index in [1.54, 1.807) is 4.90 Å². The molecule has 2 unspecified atom stereocenters. The SMILES string of the molecule is C=C1CCC(N2Cc3cc(OC4CCCN(CC)C4)ccc3C2=O)C(=O)N1. The van der Waals surface area contributed by atoms with Crippen molar-refractivity contribution < 1.29 is 14.3 Å². The lowest BCUT2D eigenvalue weighted by atomic mass is 10.0. The van der Waals surface area contributed by atoms with Gasteiger partial charge in [-0.1, -0.05) is 13.5 Å². The molecule has 144 valence electrons. The van der Waals surface area contributed by atoms with Crippen molar-refractivity contribution in [3.05, 3.63) is 41.6 Å². The molecular formula is C21H27N3O3. The van der Waals surface area contributed by atoms with Crippen LogP contribution in [0.25, 0.3) is 0 Å². The number of likely N-dealkylation sites (tertiary alicyclic amines) is 1. The van der Waals surface area contributed by atoms with E-state index in [1.165, 1.54) is 0 Å². The van der Waals surface area contributed by atoms with Crippen LogP contribution < -0.4 is 10.1 Å². The fraction of sp³-hybridized carbons (Fsp3) is 0.524. The quantitative estimate of drug-likeness (QED) is 0.885. The number of carbonyl (C=O) groups excluding carboxylic acids is 2. The molecule has 6 heteroatoms. The highest BCUT2D eigenvalue weighted by molar-refractivity contribution is 6.01. The number of nitrogens with one attached hydrogen (secondary N) is 1. The summed E-state index contributed by atoms with van der Waals surface area (Å²) in [5.41, 5.74) is 2.35. The number of likely N-dealkylation sites (N-methyl/N-ethyl adjacent to an activating group) is 1. The van der Waals surface area contributed by atoms with Gasteiger partial charge in [0.2, 0.25) is 5.91 Å². The van der Waals surface area contributed by atoms with Gasteiger partial charge >= 0.3 is 0 Å². The molecule has 1 aromatic rings. The van der Waals surface area contributed by atoms with Gasteiger partial charge in [-0.05, 0) is 62.5 Å². The molecule has 3 heterocycles. The number of piperidine rings is 2. The zero-order valence-corrected chi connectivity index (χ0v) is 15.9. The normalized spacial score (nSPS) is 26.1. The summed E-state index contributed by atoms with van der Waals surface area (Å²) in [5.74, 6) is 0.609. The third-order valence-corrected chi connectivity index (χ3v) is 5.82. The number of rotatable bonds is 4. The minimum Gasteiger partial charge on any atom is -0.489 e. The van der Waals surface area contributed by atoms with Gasteiger partial charge in [-0.25, -0.2) is 0 Å². The molecule has 0 bridgehead atoms. The van der Waals surface area contributed by atoms with Gasteiger partial charge in [-0.15, -0.1) is 0 Å². The standard InChI is InChI=1S/C21H27N3O3/c1-3-23-10-4-5-17(13-23)27-16-7-8-18-15(11-16)12-24(21(18)26)19-9-6-14(2)22-20(19)25/h7-8,11,17,19H,2-6,9-10,12-13H2,1H3,(H,22,25). The Kier molecular flexibility index (Phi) is 4.91. The molecular weight excluding hydrogens is 342 g/mol. The Bertz CT molecular complexity index is 776. The second-order valence-corrected chi connectivity index (χ2v) is 7.67. The summed E-state index contributed by atoms with van der Waals surface area (Å²) in [5, 5.41) is 2.77. The Morgan fingerprint density at radius 2 is 2.15 bits per heavy atom. The van der Waals surface area contributed by atoms with Crippen LogP contribution in [0.4, 0.5) is 0 Å². The Morgan fingerprint density at radius 1 is 1.30 bits per heavy atom. The van der Waals surface area contributed by atoms with Crippen LogP contribution in [0.15, 0.2) is 30.5 Å². The van der Waals surface area contributed by atoms with Gasteiger partial charge in [0, 0.05) is 24.4 Å². The minimum absolute atomic E-state index is 0.0703. The van der Waals surface area contributed by atoms with Gasteiger partial charge in [0.25, 0.3) is 5.91 Å². The van der Waals surface area contributed by atoms with Crippen molar-refractivity contribution in [2.75, 3.05) is 19.6 Å². The van der Waals surface area contributed by atoms with E-state index in [1.807, 2.05) is 18.2 Å². The van der Waals surface area contributed by atoms with Crippen molar-refractivity contribution in [3.8, 4) is 5.75 Å². The van der Waals surface area contributed by atoms with Gasteiger partial charge in [0.05, 0.1) is 0 Å². The van der Waals surface area contributed by atoms with E-state index in [0.717, 1.165) is 49.5 Å². The maximum atomic E-state index is 12.8. The average molecular weight is 369 g/mol. The number of allylic oxidation sites excluding steroid dienone is 1. The van der Waals surface area contributed by atoms with E-state index < -0.39 is 6.04 Å². The average Bonchev–Trinajstić information content (AvgIpc) is 2.98. The molecule has 0 radical (unpaired) electrons. The van der Waals surface area contributed by atoms with Gasteiger partial charge in [0.1, 0.15) is 17.9 Å². The van der Waals surface area contributed by atoms with Crippen molar-refractivity contribution in [2.24, 2.45) is 0 Å². The van der Waals surface area contributed by atoms with E-state index in [4.69, 9.17) is 4.74 Å². The third kappa shape index (κ3) is 3.58. The Labute approximate surface area is 160 Å². The molecule has 6 nitrogen and oxygen atoms in total. The van der Waals surface area contributed by atoms with Crippen molar-refractivity contribution >= 4 is 11.8 Å². The summed E-state index contributed by atoms with van der Waals surface area (Å²) in [6.45, 7) is 9.58. The maximum Gasteiger partial charge on any atom is 0.255 e. The predicted molar refractivity (Wildman–Crippen MR) is 102 cm³/mol. The largest absolute Gasteiger partial charge is 0.489 e. The number of hydrogen-bond donors (Lipinski definition) is 1. The van der Waals surface area contributed by atoms with Crippen LogP contribution in [0.5, 0.6) is 5.75 Å². The molecule has 3 aliphatic heterocycles. The second-order valence-electron chi connectivity index (χ2n) is 7.67. The van der Waals surface area contributed by atoms with Crippen LogP contribution in [0.3, 0.4) is 0 Å². The fourth-order valence-corrected chi connectivity index (χ4v) is 4.29. The summed E-state index contributed by atoms with van der Waals surface area (Å²) < 4.78 is 6.20. The molecule has 2 amide bonds. The molecule has 2 saturated heterocycles. The molecule has 0 aromatic heterocycles. The molecule has 4 rings (SSSR count). The van der Waals surface area contributed by atoms with E-state index in [9.17, 15) is 9.59 Å². The number of fused-ring (bicyclic) bond motifs is 1. The highest BCUT2D eigenvalue weighted by Crippen LogP contribution is 2.31. The van der Waals surface area contributed by atoms with Crippen LogP contribution >= 0.6 is 0 Å². The number of hydrogen-bond acceptors (Lipinski definition) is 4. The lowest BCUT2D eigenvalue weighted by Gasteiger charge is -2.32. The van der Waals surface area contributed by atoms with Crippen molar-refractivity contribution in [3.63, 3.8) is 0 Å². The lowest BCUT2D eigenvalue weighted by molar-refractivity contribution is -0.126. The smallest absolute Gasteiger partial charge is 0.255 e. The van der Waals surface area contributed by atoms with Crippen molar-refractivity contribution in [1.29, 1.82) is 0 Å².